The van der Waals surface area contributed by atoms with Crippen LogP contribution in [0.4, 0.5) is 5.82 Å². The number of ether oxygens (including phenoxy) is 1. The minimum atomic E-state index is -3.18. The van der Waals surface area contributed by atoms with E-state index in [0.29, 0.717) is 25.5 Å². The minimum Gasteiger partial charge on any atom is -0.384 e. The van der Waals surface area contributed by atoms with Gasteiger partial charge in [-0.2, -0.15) is 4.31 Å². The minimum absolute atomic E-state index is 0.0495. The van der Waals surface area contributed by atoms with Crippen LogP contribution in [0.3, 0.4) is 0 Å². The molecule has 2 fully saturated rings. The van der Waals surface area contributed by atoms with Gasteiger partial charge in [-0.25, -0.2) is 13.4 Å². The van der Waals surface area contributed by atoms with Crippen molar-refractivity contribution in [1.82, 2.24) is 9.29 Å². The molecule has 1 saturated heterocycles. The third-order valence-electron chi connectivity index (χ3n) is 5.04. The second-order valence-electron chi connectivity index (χ2n) is 6.78. The Morgan fingerprint density at radius 1 is 1.29 bits per heavy atom. The zero-order chi connectivity index (χ0) is 17.0. The summed E-state index contributed by atoms with van der Waals surface area (Å²) in [7, 11) is -3.18. The van der Waals surface area contributed by atoms with Crippen molar-refractivity contribution in [3.05, 3.63) is 23.9 Å². The molecule has 0 radical (unpaired) electrons. The summed E-state index contributed by atoms with van der Waals surface area (Å²) in [5, 5.41) is -0.190. The maximum absolute atomic E-state index is 12.9. The summed E-state index contributed by atoms with van der Waals surface area (Å²) in [6.07, 6.45) is 8.09. The standard InChI is InChI=1S/C17H27N3O3S/c18-17-12-14(8-9-19-17)6-7-15-13-20(10-11-23-15)24(21,22)16-4-2-1-3-5-16/h8-9,12,15-16H,1-7,10-11,13H2,(H2,18,19)/t15-/m1/s1. The van der Waals surface area contributed by atoms with Crippen LogP contribution >= 0.6 is 0 Å². The summed E-state index contributed by atoms with van der Waals surface area (Å²) in [6.45, 7) is 1.44. The molecule has 3 rings (SSSR count). The fourth-order valence-electron chi connectivity index (χ4n) is 3.65. The van der Waals surface area contributed by atoms with Crippen LogP contribution in [0, 0.1) is 0 Å². The summed E-state index contributed by atoms with van der Waals surface area (Å²) in [4.78, 5) is 3.99. The molecule has 2 N–H and O–H groups in total. The predicted octanol–water partition coefficient (Wildman–Crippen LogP) is 1.96. The SMILES string of the molecule is Nc1cc(CC[C@@H]2CN(S(=O)(=O)C3CCCCC3)CCO2)ccn1. The Balaban J connectivity index is 1.57. The van der Waals surface area contributed by atoms with E-state index in [1.807, 2.05) is 12.1 Å². The van der Waals surface area contributed by atoms with E-state index in [2.05, 4.69) is 4.98 Å². The first-order chi connectivity index (χ1) is 11.6. The van der Waals surface area contributed by atoms with Crippen molar-refractivity contribution in [2.45, 2.75) is 56.3 Å². The van der Waals surface area contributed by atoms with Crippen molar-refractivity contribution < 1.29 is 13.2 Å². The molecule has 0 unspecified atom stereocenters. The molecule has 0 aromatic carbocycles. The molecular formula is C17H27N3O3S. The van der Waals surface area contributed by atoms with Gasteiger partial charge in [-0.1, -0.05) is 19.3 Å². The maximum Gasteiger partial charge on any atom is 0.217 e. The number of aryl methyl sites for hydroxylation is 1. The lowest BCUT2D eigenvalue weighted by atomic mass is 10.0. The van der Waals surface area contributed by atoms with Gasteiger partial charge in [0.2, 0.25) is 10.0 Å². The van der Waals surface area contributed by atoms with Crippen LogP contribution in [0.2, 0.25) is 0 Å². The van der Waals surface area contributed by atoms with E-state index in [9.17, 15) is 8.42 Å². The molecule has 0 bridgehead atoms. The van der Waals surface area contributed by atoms with Crippen molar-refractivity contribution in [2.24, 2.45) is 0 Å². The van der Waals surface area contributed by atoms with Gasteiger partial charge in [0.15, 0.2) is 0 Å². The molecule has 134 valence electrons. The first kappa shape index (κ1) is 17.6. The summed E-state index contributed by atoms with van der Waals surface area (Å²) in [6, 6.07) is 3.80. The first-order valence-corrected chi connectivity index (χ1v) is 10.4. The lowest BCUT2D eigenvalue weighted by molar-refractivity contribution is -0.00564. The van der Waals surface area contributed by atoms with Crippen LogP contribution in [0.15, 0.2) is 18.3 Å². The number of hydrogen-bond acceptors (Lipinski definition) is 5. The zero-order valence-corrected chi connectivity index (χ0v) is 14.9. The Bertz CT molecular complexity index is 644. The van der Waals surface area contributed by atoms with E-state index in [1.54, 1.807) is 10.5 Å². The van der Waals surface area contributed by atoms with Gasteiger partial charge in [0.25, 0.3) is 0 Å². The Labute approximate surface area is 144 Å². The fraction of sp³-hybridized carbons (Fsp3) is 0.706. The molecule has 2 aliphatic rings. The summed E-state index contributed by atoms with van der Waals surface area (Å²) < 4.78 is 33.2. The quantitative estimate of drug-likeness (QED) is 0.874. The number of morpholine rings is 1. The first-order valence-electron chi connectivity index (χ1n) is 8.86. The predicted molar refractivity (Wildman–Crippen MR) is 94.1 cm³/mol. The van der Waals surface area contributed by atoms with E-state index >= 15 is 0 Å². The number of nitrogens with zero attached hydrogens (tertiary/aromatic N) is 2. The van der Waals surface area contributed by atoms with Crippen LogP contribution in [0.25, 0.3) is 0 Å². The second kappa shape index (κ2) is 7.80. The molecule has 1 aliphatic heterocycles. The number of aromatic nitrogens is 1. The van der Waals surface area contributed by atoms with Crippen LogP contribution < -0.4 is 5.73 Å². The van der Waals surface area contributed by atoms with E-state index in [0.717, 1.165) is 50.5 Å². The molecule has 0 spiro atoms. The van der Waals surface area contributed by atoms with Crippen LogP contribution in [-0.4, -0.2) is 48.8 Å². The van der Waals surface area contributed by atoms with Gasteiger partial charge in [-0.15, -0.1) is 0 Å². The molecule has 6 nitrogen and oxygen atoms in total. The lowest BCUT2D eigenvalue weighted by Gasteiger charge is -2.35. The highest BCUT2D eigenvalue weighted by atomic mass is 32.2. The van der Waals surface area contributed by atoms with Gasteiger partial charge in [-0.3, -0.25) is 0 Å². The summed E-state index contributed by atoms with van der Waals surface area (Å²) in [5.41, 5.74) is 6.81. The van der Waals surface area contributed by atoms with Crippen molar-refractivity contribution >= 4 is 15.8 Å². The third-order valence-corrected chi connectivity index (χ3v) is 7.40. The lowest BCUT2D eigenvalue weighted by Crippen LogP contribution is -2.49. The highest BCUT2D eigenvalue weighted by Crippen LogP contribution is 2.27. The molecule has 1 atom stereocenters. The molecular weight excluding hydrogens is 326 g/mol. The van der Waals surface area contributed by atoms with Crippen molar-refractivity contribution in [3.63, 3.8) is 0 Å². The number of sulfonamides is 1. The molecule has 1 aromatic heterocycles. The number of nitrogens with two attached hydrogens (primary N) is 1. The Hall–Kier alpha value is -1.18. The smallest absolute Gasteiger partial charge is 0.217 e. The van der Waals surface area contributed by atoms with Crippen LogP contribution in [0.1, 0.15) is 44.1 Å². The maximum atomic E-state index is 12.9. The highest BCUT2D eigenvalue weighted by Gasteiger charge is 2.36. The molecule has 1 aromatic rings. The van der Waals surface area contributed by atoms with Gasteiger partial charge < -0.3 is 10.5 Å². The van der Waals surface area contributed by atoms with Crippen molar-refractivity contribution in [1.29, 1.82) is 0 Å². The zero-order valence-electron chi connectivity index (χ0n) is 14.1. The molecule has 1 saturated carbocycles. The Kier molecular flexibility index (Phi) is 5.73. The molecule has 24 heavy (non-hydrogen) atoms. The average Bonchev–Trinajstić information content (AvgIpc) is 2.61. The summed E-state index contributed by atoms with van der Waals surface area (Å²) in [5.74, 6) is 0.513. The van der Waals surface area contributed by atoms with Gasteiger partial charge in [0, 0.05) is 19.3 Å². The average molecular weight is 353 g/mol. The highest BCUT2D eigenvalue weighted by molar-refractivity contribution is 7.89. The van der Waals surface area contributed by atoms with E-state index in [4.69, 9.17) is 10.5 Å². The van der Waals surface area contributed by atoms with Gasteiger partial charge in [-0.05, 0) is 43.4 Å². The fourth-order valence-corrected chi connectivity index (χ4v) is 5.70. The topological polar surface area (TPSA) is 85.5 Å². The van der Waals surface area contributed by atoms with Crippen LogP contribution in [-0.2, 0) is 21.2 Å². The van der Waals surface area contributed by atoms with E-state index < -0.39 is 10.0 Å². The Morgan fingerprint density at radius 2 is 2.08 bits per heavy atom. The monoisotopic (exact) mass is 353 g/mol. The van der Waals surface area contributed by atoms with E-state index in [-0.39, 0.29) is 11.4 Å². The molecule has 7 heteroatoms. The number of hydrogen-bond donors (Lipinski definition) is 1. The Morgan fingerprint density at radius 3 is 2.83 bits per heavy atom. The van der Waals surface area contributed by atoms with Crippen molar-refractivity contribution in [2.75, 3.05) is 25.4 Å². The van der Waals surface area contributed by atoms with Crippen molar-refractivity contribution in [3.8, 4) is 0 Å². The van der Waals surface area contributed by atoms with Crippen LogP contribution in [0.5, 0.6) is 0 Å². The molecule has 0 amide bonds. The van der Waals surface area contributed by atoms with Gasteiger partial charge >= 0.3 is 0 Å². The number of nitrogen functional groups attached to an aromatic ring is 1. The van der Waals surface area contributed by atoms with Gasteiger partial charge in [0.1, 0.15) is 5.82 Å². The number of anilines is 1. The number of pyridine rings is 1. The third kappa shape index (κ3) is 4.26. The van der Waals surface area contributed by atoms with E-state index in [1.165, 1.54) is 0 Å². The number of rotatable bonds is 5. The summed E-state index contributed by atoms with van der Waals surface area (Å²) >= 11 is 0. The normalized spacial score (nSPS) is 24.1. The second-order valence-corrected chi connectivity index (χ2v) is 9.00. The largest absolute Gasteiger partial charge is 0.384 e. The molecule has 2 heterocycles. The molecule has 1 aliphatic carbocycles. The van der Waals surface area contributed by atoms with Gasteiger partial charge in [0.05, 0.1) is 18.0 Å².